The molecule has 2 amide bonds. The number of aromatic nitrogens is 3. The Morgan fingerprint density at radius 2 is 2.10 bits per heavy atom. The summed E-state index contributed by atoms with van der Waals surface area (Å²) in [6, 6.07) is 2.19. The average Bonchev–Trinajstić information content (AvgIpc) is 3.31. The molecule has 0 aliphatic carbocycles. The van der Waals surface area contributed by atoms with Gasteiger partial charge >= 0.3 is 6.09 Å². The van der Waals surface area contributed by atoms with Gasteiger partial charge in [0.25, 0.3) is 6.34 Å². The quantitative estimate of drug-likeness (QED) is 0.533. The van der Waals surface area contributed by atoms with Crippen molar-refractivity contribution in [3.8, 4) is 0 Å². The van der Waals surface area contributed by atoms with Crippen molar-refractivity contribution >= 4 is 30.2 Å². The number of carbonyl (C=O) groups is 2. The highest BCUT2D eigenvalue weighted by atomic mass is 19.1. The Labute approximate surface area is 164 Å². The lowest BCUT2D eigenvalue weighted by atomic mass is 10.2. The number of hydrogen-bond acceptors (Lipinski definition) is 6. The van der Waals surface area contributed by atoms with Crippen LogP contribution in [0.15, 0.2) is 24.5 Å². The van der Waals surface area contributed by atoms with Gasteiger partial charge < -0.3 is 4.74 Å². The lowest BCUT2D eigenvalue weighted by molar-refractivity contribution is -0.458. The number of nitrogens with zero attached hydrogens (tertiary/aromatic N) is 7. The van der Waals surface area contributed by atoms with Crippen molar-refractivity contribution in [3.63, 3.8) is 0 Å². The normalized spacial score (nSPS) is 19.4. The molecule has 1 atom stereocenters. The second-order valence-corrected chi connectivity index (χ2v) is 6.65. The van der Waals surface area contributed by atoms with E-state index in [1.807, 2.05) is 0 Å². The molecule has 4 rings (SSSR count). The van der Waals surface area contributed by atoms with Crippen molar-refractivity contribution in [2.75, 3.05) is 31.6 Å². The van der Waals surface area contributed by atoms with E-state index < -0.39 is 23.8 Å². The molecule has 3 heterocycles. The van der Waals surface area contributed by atoms with Crippen LogP contribution >= 0.6 is 0 Å². The first-order valence-electron chi connectivity index (χ1n) is 8.84. The molecular weight excluding hydrogens is 388 g/mol. The molecule has 0 radical (unpaired) electrons. The van der Waals surface area contributed by atoms with Gasteiger partial charge in [-0.25, -0.2) is 22.8 Å². The van der Waals surface area contributed by atoms with Gasteiger partial charge in [-0.05, 0) is 0 Å². The van der Waals surface area contributed by atoms with Crippen LogP contribution in [0.1, 0.15) is 0 Å². The van der Waals surface area contributed by atoms with Crippen LogP contribution in [0.5, 0.6) is 0 Å². The molecule has 1 aromatic heterocycles. The van der Waals surface area contributed by atoms with Crippen LogP contribution in [0.4, 0.5) is 25.0 Å². The number of anilines is 1. The van der Waals surface area contributed by atoms with E-state index >= 15 is 0 Å². The number of rotatable bonds is 5. The zero-order valence-corrected chi connectivity index (χ0v) is 15.5. The van der Waals surface area contributed by atoms with E-state index in [-0.39, 0.29) is 37.6 Å². The number of hydrogen-bond donors (Lipinski definition) is 0. The fourth-order valence-electron chi connectivity index (χ4n) is 3.34. The van der Waals surface area contributed by atoms with E-state index in [0.29, 0.717) is 6.41 Å². The standard InChI is InChI=1S/C17H18F2N7O3/c1-22-10-23(4-5-25(22)11-27)16-14(18)6-12(7-15(16)19)26-9-13(29-17(26)28)8-24-3-2-20-21-24/h2-3,6-7,10-11,13H,4-5,8-9H2,1H3/q+1. The largest absolute Gasteiger partial charge is 0.442 e. The molecule has 2 aliphatic heterocycles. The fraction of sp³-hybridized carbons (Fsp3) is 0.353. The number of carbonyl (C=O) groups excluding carboxylic acids is 2. The highest BCUT2D eigenvalue weighted by Crippen LogP contribution is 2.30. The van der Waals surface area contributed by atoms with Crippen LogP contribution in [-0.4, -0.2) is 81.2 Å². The van der Waals surface area contributed by atoms with Gasteiger partial charge in [0.05, 0.1) is 31.5 Å². The Kier molecular flexibility index (Phi) is 4.82. The van der Waals surface area contributed by atoms with Crippen LogP contribution in [0.3, 0.4) is 0 Å². The molecule has 0 saturated carbocycles. The van der Waals surface area contributed by atoms with Gasteiger partial charge in [-0.3, -0.25) is 9.69 Å². The van der Waals surface area contributed by atoms with Gasteiger partial charge in [0, 0.05) is 18.3 Å². The smallest absolute Gasteiger partial charge is 0.414 e. The minimum Gasteiger partial charge on any atom is -0.442 e. The molecule has 0 spiro atoms. The molecule has 1 saturated heterocycles. The highest BCUT2D eigenvalue weighted by Gasteiger charge is 2.35. The summed E-state index contributed by atoms with van der Waals surface area (Å²) in [6.45, 7) is 0.916. The van der Waals surface area contributed by atoms with E-state index in [4.69, 9.17) is 4.74 Å². The van der Waals surface area contributed by atoms with Gasteiger partial charge in [0.2, 0.25) is 6.41 Å². The number of hydrazine groups is 1. The number of cyclic esters (lactones) is 1. The molecule has 0 N–H and O–H groups in total. The number of benzene rings is 1. The molecule has 0 bridgehead atoms. The summed E-state index contributed by atoms with van der Waals surface area (Å²) < 4.78 is 37.7. The first-order valence-corrected chi connectivity index (χ1v) is 8.84. The summed E-state index contributed by atoms with van der Waals surface area (Å²) in [7, 11) is 1.60. The van der Waals surface area contributed by atoms with Crippen LogP contribution in [0.25, 0.3) is 0 Å². The molecule has 29 heavy (non-hydrogen) atoms. The molecule has 2 aliphatic rings. The molecule has 1 fully saturated rings. The zero-order chi connectivity index (χ0) is 20.5. The summed E-state index contributed by atoms with van der Waals surface area (Å²) in [6.07, 6.45) is 3.99. The Hall–Kier alpha value is -3.57. The molecule has 2 aromatic rings. The van der Waals surface area contributed by atoms with Crippen molar-refractivity contribution < 1.29 is 27.7 Å². The molecule has 1 unspecified atom stereocenters. The molecular formula is C17H18F2N7O3+. The Balaban J connectivity index is 1.56. The van der Waals surface area contributed by atoms with Crippen molar-refractivity contribution in [1.82, 2.24) is 25.0 Å². The van der Waals surface area contributed by atoms with E-state index in [1.54, 1.807) is 13.2 Å². The van der Waals surface area contributed by atoms with Crippen LogP contribution in [0, 0.1) is 11.6 Å². The van der Waals surface area contributed by atoms with Crippen molar-refractivity contribution in [1.29, 1.82) is 0 Å². The maximum absolute atomic E-state index is 14.8. The summed E-state index contributed by atoms with van der Waals surface area (Å²) in [4.78, 5) is 24.3. The third kappa shape index (κ3) is 3.60. The molecule has 12 heteroatoms. The third-order valence-corrected chi connectivity index (χ3v) is 4.74. The number of halogens is 2. The summed E-state index contributed by atoms with van der Waals surface area (Å²) >= 11 is 0. The van der Waals surface area contributed by atoms with Gasteiger partial charge in [0.15, 0.2) is 17.3 Å². The number of ether oxygens (including phenoxy) is 1. The average molecular weight is 406 g/mol. The first-order chi connectivity index (χ1) is 14.0. The van der Waals surface area contributed by atoms with E-state index in [0.717, 1.165) is 12.1 Å². The minimum atomic E-state index is -0.822. The van der Waals surface area contributed by atoms with Crippen LogP contribution in [-0.2, 0) is 16.1 Å². The maximum atomic E-state index is 14.8. The summed E-state index contributed by atoms with van der Waals surface area (Å²) in [5.41, 5.74) is -0.187. The van der Waals surface area contributed by atoms with E-state index in [1.165, 1.54) is 36.7 Å². The molecule has 10 nitrogen and oxygen atoms in total. The van der Waals surface area contributed by atoms with Crippen molar-refractivity contribution in [3.05, 3.63) is 36.2 Å². The third-order valence-electron chi connectivity index (χ3n) is 4.74. The summed E-state index contributed by atoms with van der Waals surface area (Å²) in [5.74, 6) is -1.64. The van der Waals surface area contributed by atoms with E-state index in [2.05, 4.69) is 10.3 Å². The van der Waals surface area contributed by atoms with Crippen molar-refractivity contribution in [2.45, 2.75) is 12.6 Å². The van der Waals surface area contributed by atoms with Gasteiger partial charge in [-0.15, -0.1) is 5.10 Å². The predicted octanol–water partition coefficient (Wildman–Crippen LogP) is 0.573. The Bertz CT molecular complexity index is 943. The SMILES string of the molecule is CN1C=[N+](c2c(F)cc(N3CC(Cn4ccnn4)OC3=O)cc2F)CCN1C=O. The Morgan fingerprint density at radius 1 is 1.34 bits per heavy atom. The van der Waals surface area contributed by atoms with Crippen molar-refractivity contribution in [2.24, 2.45) is 0 Å². The number of amides is 2. The van der Waals surface area contributed by atoms with Gasteiger partial charge in [0.1, 0.15) is 19.7 Å². The molecule has 1 aromatic carbocycles. The summed E-state index contributed by atoms with van der Waals surface area (Å²) in [5, 5.41) is 10.3. The maximum Gasteiger partial charge on any atom is 0.414 e. The molecule has 152 valence electrons. The zero-order valence-electron chi connectivity index (χ0n) is 15.5. The topological polar surface area (TPSA) is 86.8 Å². The monoisotopic (exact) mass is 406 g/mol. The van der Waals surface area contributed by atoms with Crippen LogP contribution in [0.2, 0.25) is 0 Å². The second kappa shape index (κ2) is 7.45. The highest BCUT2D eigenvalue weighted by molar-refractivity contribution is 5.90. The predicted molar refractivity (Wildman–Crippen MR) is 95.4 cm³/mol. The first kappa shape index (κ1) is 18.8. The van der Waals surface area contributed by atoms with Gasteiger partial charge in [-0.2, -0.15) is 10.0 Å². The Morgan fingerprint density at radius 3 is 2.72 bits per heavy atom. The lowest BCUT2D eigenvalue weighted by Crippen LogP contribution is -2.47. The lowest BCUT2D eigenvalue weighted by Gasteiger charge is -2.25. The van der Waals surface area contributed by atoms with Gasteiger partial charge in [-0.1, -0.05) is 5.21 Å². The minimum absolute atomic E-state index is 0.0646. The van der Waals surface area contributed by atoms with E-state index in [9.17, 15) is 18.4 Å². The fourth-order valence-corrected chi connectivity index (χ4v) is 3.34. The van der Waals surface area contributed by atoms with Crippen LogP contribution < -0.4 is 4.90 Å². The second-order valence-electron chi connectivity index (χ2n) is 6.65.